The molecule has 0 unspecified atom stereocenters. The van der Waals surface area contributed by atoms with Crippen LogP contribution in [-0.4, -0.2) is 24.7 Å². The summed E-state index contributed by atoms with van der Waals surface area (Å²) in [7, 11) is 0. The minimum Gasteiger partial charge on any atom is -0.492 e. The van der Waals surface area contributed by atoms with E-state index in [1.807, 2.05) is 48.5 Å². The van der Waals surface area contributed by atoms with Crippen molar-refractivity contribution in [2.24, 2.45) is 0 Å². The second kappa shape index (κ2) is 7.26. The third-order valence-corrected chi connectivity index (χ3v) is 2.53. The van der Waals surface area contributed by atoms with Gasteiger partial charge in [-0.25, -0.2) is 4.98 Å². The maximum absolute atomic E-state index is 5.60. The monoisotopic (exact) mass is 257 g/mol. The van der Waals surface area contributed by atoms with E-state index in [2.05, 4.69) is 22.5 Å². The number of nitrogens with zero attached hydrogens (tertiary/aromatic N) is 1. The van der Waals surface area contributed by atoms with Crippen LogP contribution >= 0.6 is 0 Å². The molecule has 2 aromatic rings. The van der Waals surface area contributed by atoms with Crippen LogP contribution in [0.3, 0.4) is 0 Å². The van der Waals surface area contributed by atoms with E-state index in [0.29, 0.717) is 6.61 Å². The van der Waals surface area contributed by atoms with Crippen molar-refractivity contribution in [1.82, 2.24) is 4.98 Å². The summed E-state index contributed by atoms with van der Waals surface area (Å²) in [6.45, 7) is 4.25. The number of nitrogens with one attached hydrogen (secondary N) is 2. The third-order valence-electron chi connectivity index (χ3n) is 2.53. The largest absolute Gasteiger partial charge is 0.492 e. The predicted octanol–water partition coefficient (Wildman–Crippen LogP) is 3.00. The maximum Gasteiger partial charge on any atom is 0.128 e. The molecule has 100 valence electrons. The third kappa shape index (κ3) is 4.50. The molecule has 0 saturated heterocycles. The lowest BCUT2D eigenvalue weighted by Gasteiger charge is -2.09. The van der Waals surface area contributed by atoms with Gasteiger partial charge in [0.25, 0.3) is 0 Å². The molecule has 0 aliphatic rings. The van der Waals surface area contributed by atoms with E-state index in [0.717, 1.165) is 30.5 Å². The second-order valence-corrected chi connectivity index (χ2v) is 4.03. The smallest absolute Gasteiger partial charge is 0.128 e. The summed E-state index contributed by atoms with van der Waals surface area (Å²) in [5, 5.41) is 6.42. The molecule has 0 spiro atoms. The Labute approximate surface area is 113 Å². The Balaban J connectivity index is 1.75. The molecule has 0 saturated carbocycles. The minimum absolute atomic E-state index is 0.608. The van der Waals surface area contributed by atoms with Crippen molar-refractivity contribution in [2.45, 2.75) is 6.92 Å². The van der Waals surface area contributed by atoms with E-state index in [1.54, 1.807) is 0 Å². The fourth-order valence-electron chi connectivity index (χ4n) is 1.68. The van der Waals surface area contributed by atoms with Crippen LogP contribution in [0.2, 0.25) is 0 Å². The van der Waals surface area contributed by atoms with E-state index in [9.17, 15) is 0 Å². The molecule has 0 bridgehead atoms. The number of para-hydroxylation sites is 1. The molecule has 2 N–H and O–H groups in total. The van der Waals surface area contributed by atoms with Crippen LogP contribution in [0.25, 0.3) is 0 Å². The number of anilines is 2. The Hall–Kier alpha value is -2.23. The molecule has 4 heteroatoms. The van der Waals surface area contributed by atoms with Crippen molar-refractivity contribution in [3.63, 3.8) is 0 Å². The number of aromatic nitrogens is 1. The van der Waals surface area contributed by atoms with Gasteiger partial charge in [0.2, 0.25) is 0 Å². The fourth-order valence-corrected chi connectivity index (χ4v) is 1.68. The standard InChI is InChI=1S/C15H19N3O/c1-2-16-14-9-6-10-15(18-14)17-11-12-19-13-7-4-3-5-8-13/h3-10H,2,11-12H2,1H3,(H2,16,17,18). The van der Waals surface area contributed by atoms with E-state index in [1.165, 1.54) is 0 Å². The Morgan fingerprint density at radius 1 is 0.947 bits per heavy atom. The SMILES string of the molecule is CCNc1cccc(NCCOc2ccccc2)n1. The highest BCUT2D eigenvalue weighted by atomic mass is 16.5. The van der Waals surface area contributed by atoms with Crippen LogP contribution in [0.1, 0.15) is 6.92 Å². The van der Waals surface area contributed by atoms with Gasteiger partial charge in [0.15, 0.2) is 0 Å². The lowest BCUT2D eigenvalue weighted by Crippen LogP contribution is -2.12. The summed E-state index contributed by atoms with van der Waals surface area (Å²) in [6.07, 6.45) is 0. The van der Waals surface area contributed by atoms with Crippen LogP contribution in [0.15, 0.2) is 48.5 Å². The van der Waals surface area contributed by atoms with Gasteiger partial charge in [-0.05, 0) is 31.2 Å². The number of pyridine rings is 1. The van der Waals surface area contributed by atoms with Gasteiger partial charge < -0.3 is 15.4 Å². The van der Waals surface area contributed by atoms with Crippen molar-refractivity contribution in [1.29, 1.82) is 0 Å². The molecule has 0 fully saturated rings. The van der Waals surface area contributed by atoms with E-state index in [-0.39, 0.29) is 0 Å². The molecule has 1 heterocycles. The Morgan fingerprint density at radius 2 is 1.68 bits per heavy atom. The molecule has 0 radical (unpaired) electrons. The molecular formula is C15H19N3O. The normalized spacial score (nSPS) is 9.95. The summed E-state index contributed by atoms with van der Waals surface area (Å²) in [4.78, 5) is 4.43. The number of benzene rings is 1. The number of hydrogen-bond acceptors (Lipinski definition) is 4. The van der Waals surface area contributed by atoms with Gasteiger partial charge in [0, 0.05) is 6.54 Å². The first-order valence-corrected chi connectivity index (χ1v) is 6.51. The molecule has 0 atom stereocenters. The van der Waals surface area contributed by atoms with Crippen LogP contribution in [-0.2, 0) is 0 Å². The van der Waals surface area contributed by atoms with Gasteiger partial charge in [-0.15, -0.1) is 0 Å². The molecule has 19 heavy (non-hydrogen) atoms. The zero-order chi connectivity index (χ0) is 13.3. The minimum atomic E-state index is 0.608. The predicted molar refractivity (Wildman–Crippen MR) is 78.8 cm³/mol. The molecule has 1 aromatic heterocycles. The first kappa shape index (κ1) is 13.2. The molecule has 0 aliphatic heterocycles. The molecule has 1 aromatic carbocycles. The average molecular weight is 257 g/mol. The molecular weight excluding hydrogens is 238 g/mol. The number of rotatable bonds is 7. The Bertz CT molecular complexity index is 488. The van der Waals surface area contributed by atoms with Crippen molar-refractivity contribution >= 4 is 11.6 Å². The highest BCUT2D eigenvalue weighted by molar-refractivity contribution is 5.44. The van der Waals surface area contributed by atoms with Gasteiger partial charge in [-0.2, -0.15) is 0 Å². The van der Waals surface area contributed by atoms with Crippen molar-refractivity contribution in [3.8, 4) is 5.75 Å². The lowest BCUT2D eigenvalue weighted by molar-refractivity contribution is 0.333. The highest BCUT2D eigenvalue weighted by Crippen LogP contribution is 2.10. The van der Waals surface area contributed by atoms with Crippen LogP contribution in [0.5, 0.6) is 5.75 Å². The fraction of sp³-hybridized carbons (Fsp3) is 0.267. The number of ether oxygens (including phenoxy) is 1. The molecule has 2 rings (SSSR count). The maximum atomic E-state index is 5.60. The highest BCUT2D eigenvalue weighted by Gasteiger charge is 1.96. The van der Waals surface area contributed by atoms with Gasteiger partial charge in [0.1, 0.15) is 24.0 Å². The number of hydrogen-bond donors (Lipinski definition) is 2. The summed E-state index contributed by atoms with van der Waals surface area (Å²) < 4.78 is 5.60. The summed E-state index contributed by atoms with van der Waals surface area (Å²) in [5.41, 5.74) is 0. The van der Waals surface area contributed by atoms with E-state index >= 15 is 0 Å². The topological polar surface area (TPSA) is 46.2 Å². The van der Waals surface area contributed by atoms with E-state index in [4.69, 9.17) is 4.74 Å². The van der Waals surface area contributed by atoms with E-state index < -0.39 is 0 Å². The Kier molecular flexibility index (Phi) is 5.05. The van der Waals surface area contributed by atoms with Gasteiger partial charge in [-0.1, -0.05) is 24.3 Å². The first-order valence-electron chi connectivity index (χ1n) is 6.51. The van der Waals surface area contributed by atoms with Gasteiger partial charge in [0.05, 0.1) is 6.54 Å². The Morgan fingerprint density at radius 3 is 2.42 bits per heavy atom. The van der Waals surface area contributed by atoms with Crippen molar-refractivity contribution in [3.05, 3.63) is 48.5 Å². The van der Waals surface area contributed by atoms with Gasteiger partial charge >= 0.3 is 0 Å². The first-order chi connectivity index (χ1) is 9.38. The average Bonchev–Trinajstić information content (AvgIpc) is 2.46. The quantitative estimate of drug-likeness (QED) is 0.748. The second-order valence-electron chi connectivity index (χ2n) is 4.03. The van der Waals surface area contributed by atoms with Crippen molar-refractivity contribution in [2.75, 3.05) is 30.3 Å². The summed E-state index contributed by atoms with van der Waals surface area (Å²) in [5.74, 6) is 2.63. The summed E-state index contributed by atoms with van der Waals surface area (Å²) in [6, 6.07) is 15.7. The van der Waals surface area contributed by atoms with Crippen LogP contribution < -0.4 is 15.4 Å². The summed E-state index contributed by atoms with van der Waals surface area (Å²) >= 11 is 0. The molecule has 4 nitrogen and oxygen atoms in total. The molecule has 0 aliphatic carbocycles. The van der Waals surface area contributed by atoms with Gasteiger partial charge in [-0.3, -0.25) is 0 Å². The zero-order valence-electron chi connectivity index (χ0n) is 11.1. The molecule has 0 amide bonds. The van der Waals surface area contributed by atoms with Crippen molar-refractivity contribution < 1.29 is 4.74 Å². The zero-order valence-corrected chi connectivity index (χ0v) is 11.1. The van der Waals surface area contributed by atoms with Crippen LogP contribution in [0.4, 0.5) is 11.6 Å². The lowest BCUT2D eigenvalue weighted by atomic mass is 10.3. The van der Waals surface area contributed by atoms with Crippen LogP contribution in [0, 0.1) is 0 Å².